The molecule has 220 valence electrons. The van der Waals surface area contributed by atoms with Crippen LogP contribution in [0.5, 0.6) is 0 Å². The van der Waals surface area contributed by atoms with Crippen molar-refractivity contribution in [1.82, 2.24) is 15.5 Å². The second kappa shape index (κ2) is 12.8. The van der Waals surface area contributed by atoms with Crippen LogP contribution in [-0.2, 0) is 20.9 Å². The predicted molar refractivity (Wildman–Crippen MR) is 161 cm³/mol. The number of nitrogens with zero attached hydrogens (tertiary/aromatic N) is 1. The third-order valence-corrected chi connectivity index (χ3v) is 8.52. The molecule has 5 rings (SSSR count). The Morgan fingerprint density at radius 3 is 2.05 bits per heavy atom. The van der Waals surface area contributed by atoms with Crippen LogP contribution >= 0.6 is 0 Å². The Balaban J connectivity index is 1.27. The lowest BCUT2D eigenvalue weighted by Gasteiger charge is -2.42. The van der Waals surface area contributed by atoms with Crippen molar-refractivity contribution in [3.63, 3.8) is 0 Å². The number of carbonyl (C=O) groups excluding carboxylic acids is 2. The molecular weight excluding hydrogens is 530 g/mol. The molecule has 0 radical (unpaired) electrons. The summed E-state index contributed by atoms with van der Waals surface area (Å²) in [6.45, 7) is 5.83. The zero-order valence-electron chi connectivity index (χ0n) is 24.2. The van der Waals surface area contributed by atoms with E-state index in [0.29, 0.717) is 25.9 Å². The first kappa shape index (κ1) is 29.3. The second-order valence-electron chi connectivity index (χ2n) is 11.8. The van der Waals surface area contributed by atoms with Gasteiger partial charge in [0.15, 0.2) is 0 Å². The predicted octanol–water partition coefficient (Wildman–Crippen LogP) is 5.18. The van der Waals surface area contributed by atoms with E-state index >= 15 is 0 Å². The van der Waals surface area contributed by atoms with Crippen LogP contribution in [0, 0.1) is 5.92 Å². The molecule has 0 spiro atoms. The number of carbonyl (C=O) groups is 3. The van der Waals surface area contributed by atoms with Gasteiger partial charge in [0.1, 0.15) is 12.6 Å². The van der Waals surface area contributed by atoms with Crippen LogP contribution in [0.4, 0.5) is 4.79 Å². The van der Waals surface area contributed by atoms with Gasteiger partial charge in [0.05, 0.1) is 5.54 Å². The van der Waals surface area contributed by atoms with Gasteiger partial charge in [-0.3, -0.25) is 9.69 Å². The Bertz CT molecular complexity index is 1370. The summed E-state index contributed by atoms with van der Waals surface area (Å²) in [5, 5.41) is 15.3. The van der Waals surface area contributed by atoms with Gasteiger partial charge >= 0.3 is 12.1 Å². The number of aliphatic carboxylic acids is 1. The monoisotopic (exact) mass is 569 g/mol. The van der Waals surface area contributed by atoms with Crippen LogP contribution in [0.2, 0.25) is 0 Å². The lowest BCUT2D eigenvalue weighted by Crippen LogP contribution is -2.58. The standard InChI is InChI=1S/C34H39N3O5/c1-23(2)31(32(39)40)35-30(38)20-34(16-18-37(19-17-34)21-24-10-4-3-5-11-24)36-33(41)42-22-29-27-14-8-6-12-25(27)26-13-7-9-15-28(26)29/h3-15,23,29,31H,16-22H2,1-2H3,(H,35,38)(H,36,41)(H,39,40)/t31-/m1/s1. The number of hydrogen-bond acceptors (Lipinski definition) is 5. The molecule has 3 aromatic rings. The van der Waals surface area contributed by atoms with Gasteiger partial charge in [0.2, 0.25) is 5.91 Å². The van der Waals surface area contributed by atoms with Crippen molar-refractivity contribution < 1.29 is 24.2 Å². The highest BCUT2D eigenvalue weighted by atomic mass is 16.5. The van der Waals surface area contributed by atoms with Crippen molar-refractivity contribution in [2.24, 2.45) is 5.92 Å². The Labute approximate surface area is 247 Å². The molecule has 0 saturated carbocycles. The number of ether oxygens (including phenoxy) is 1. The summed E-state index contributed by atoms with van der Waals surface area (Å²) in [7, 11) is 0. The molecule has 1 atom stereocenters. The van der Waals surface area contributed by atoms with E-state index in [2.05, 4.69) is 51.9 Å². The fraction of sp³-hybridized carbons (Fsp3) is 0.382. The van der Waals surface area contributed by atoms with Gasteiger partial charge in [-0.05, 0) is 46.6 Å². The molecule has 2 aliphatic rings. The molecule has 8 heteroatoms. The summed E-state index contributed by atoms with van der Waals surface area (Å²) in [6.07, 6.45) is 0.487. The number of piperidine rings is 1. The van der Waals surface area contributed by atoms with E-state index in [4.69, 9.17) is 4.74 Å². The van der Waals surface area contributed by atoms with Crippen LogP contribution in [0.15, 0.2) is 78.9 Å². The Morgan fingerprint density at radius 1 is 0.905 bits per heavy atom. The van der Waals surface area contributed by atoms with E-state index in [9.17, 15) is 19.5 Å². The molecule has 1 heterocycles. The summed E-state index contributed by atoms with van der Waals surface area (Å²) in [4.78, 5) is 40.5. The number of alkyl carbamates (subject to hydrolysis) is 1. The summed E-state index contributed by atoms with van der Waals surface area (Å²) in [5.41, 5.74) is 4.91. The first-order chi connectivity index (χ1) is 20.2. The SMILES string of the molecule is CC(C)[C@@H](NC(=O)CC1(NC(=O)OCC2c3ccccc3-c3ccccc32)CCN(Cc2ccccc2)CC1)C(=O)O. The average molecular weight is 570 g/mol. The van der Waals surface area contributed by atoms with Crippen molar-refractivity contribution in [3.8, 4) is 11.1 Å². The molecule has 42 heavy (non-hydrogen) atoms. The van der Waals surface area contributed by atoms with Gasteiger partial charge in [0.25, 0.3) is 0 Å². The van der Waals surface area contributed by atoms with E-state index < -0.39 is 29.6 Å². The van der Waals surface area contributed by atoms with Gasteiger partial charge in [0, 0.05) is 32.0 Å². The minimum absolute atomic E-state index is 0.0210. The number of nitrogens with one attached hydrogen (secondary N) is 2. The van der Waals surface area contributed by atoms with Gasteiger partial charge in [-0.25, -0.2) is 9.59 Å². The lowest BCUT2D eigenvalue weighted by atomic mass is 9.83. The molecule has 1 fully saturated rings. The molecule has 0 aromatic heterocycles. The Morgan fingerprint density at radius 2 is 1.48 bits per heavy atom. The fourth-order valence-corrected chi connectivity index (χ4v) is 6.22. The van der Waals surface area contributed by atoms with E-state index in [1.807, 2.05) is 42.5 Å². The molecule has 3 N–H and O–H groups in total. The highest BCUT2D eigenvalue weighted by Crippen LogP contribution is 2.44. The number of likely N-dealkylation sites (tertiary alicyclic amines) is 1. The molecule has 0 unspecified atom stereocenters. The smallest absolute Gasteiger partial charge is 0.407 e. The number of fused-ring (bicyclic) bond motifs is 3. The second-order valence-corrected chi connectivity index (χ2v) is 11.8. The first-order valence-electron chi connectivity index (χ1n) is 14.7. The number of carboxylic acids is 1. The molecular formula is C34H39N3O5. The highest BCUT2D eigenvalue weighted by Gasteiger charge is 2.40. The minimum atomic E-state index is -1.07. The minimum Gasteiger partial charge on any atom is -0.480 e. The summed E-state index contributed by atoms with van der Waals surface area (Å²) in [6, 6.07) is 25.5. The molecule has 1 aliphatic carbocycles. The van der Waals surface area contributed by atoms with Crippen molar-refractivity contribution in [2.45, 2.75) is 57.2 Å². The van der Waals surface area contributed by atoms with Crippen LogP contribution in [0.25, 0.3) is 11.1 Å². The summed E-state index contributed by atoms with van der Waals surface area (Å²) < 4.78 is 5.84. The van der Waals surface area contributed by atoms with Gasteiger partial charge < -0.3 is 20.5 Å². The van der Waals surface area contributed by atoms with Gasteiger partial charge in [-0.2, -0.15) is 0 Å². The molecule has 8 nitrogen and oxygen atoms in total. The molecule has 1 aliphatic heterocycles. The van der Waals surface area contributed by atoms with Crippen LogP contribution in [-0.4, -0.2) is 59.3 Å². The quantitative estimate of drug-likeness (QED) is 0.311. The fourth-order valence-electron chi connectivity index (χ4n) is 6.22. The van der Waals surface area contributed by atoms with Gasteiger partial charge in [-0.15, -0.1) is 0 Å². The summed E-state index contributed by atoms with van der Waals surface area (Å²) in [5.74, 6) is -1.82. The third-order valence-electron chi connectivity index (χ3n) is 8.52. The van der Waals surface area contributed by atoms with E-state index in [-0.39, 0.29) is 24.9 Å². The van der Waals surface area contributed by atoms with Crippen molar-refractivity contribution in [1.29, 1.82) is 0 Å². The lowest BCUT2D eigenvalue weighted by molar-refractivity contribution is -0.143. The number of benzene rings is 3. The normalized spacial score (nSPS) is 16.7. The van der Waals surface area contributed by atoms with Crippen molar-refractivity contribution in [3.05, 3.63) is 95.6 Å². The average Bonchev–Trinajstić information content (AvgIpc) is 3.30. The highest BCUT2D eigenvalue weighted by molar-refractivity contribution is 5.85. The Hall–Kier alpha value is -4.17. The van der Waals surface area contributed by atoms with Crippen LogP contribution < -0.4 is 10.6 Å². The molecule has 3 aromatic carbocycles. The number of rotatable bonds is 10. The first-order valence-corrected chi connectivity index (χ1v) is 14.7. The van der Waals surface area contributed by atoms with E-state index in [0.717, 1.165) is 28.8 Å². The van der Waals surface area contributed by atoms with Crippen LogP contribution in [0.3, 0.4) is 0 Å². The third kappa shape index (κ3) is 6.65. The topological polar surface area (TPSA) is 108 Å². The molecule has 0 bridgehead atoms. The Kier molecular flexibility index (Phi) is 8.92. The molecule has 1 saturated heterocycles. The maximum Gasteiger partial charge on any atom is 0.407 e. The largest absolute Gasteiger partial charge is 0.480 e. The summed E-state index contributed by atoms with van der Waals surface area (Å²) >= 11 is 0. The zero-order valence-corrected chi connectivity index (χ0v) is 24.2. The molecule has 2 amide bonds. The van der Waals surface area contributed by atoms with Crippen molar-refractivity contribution >= 4 is 18.0 Å². The van der Waals surface area contributed by atoms with Gasteiger partial charge in [-0.1, -0.05) is 92.7 Å². The number of amides is 2. The van der Waals surface area contributed by atoms with E-state index in [1.54, 1.807) is 13.8 Å². The number of carboxylic acid groups (broad SMARTS) is 1. The zero-order chi connectivity index (χ0) is 29.7. The maximum atomic E-state index is 13.3. The number of hydrogen-bond donors (Lipinski definition) is 3. The van der Waals surface area contributed by atoms with Crippen molar-refractivity contribution in [2.75, 3.05) is 19.7 Å². The van der Waals surface area contributed by atoms with E-state index in [1.165, 1.54) is 5.56 Å². The van der Waals surface area contributed by atoms with Crippen LogP contribution in [0.1, 0.15) is 55.7 Å². The maximum absolute atomic E-state index is 13.3.